The maximum atomic E-state index is 13.1. The van der Waals surface area contributed by atoms with Crippen molar-refractivity contribution < 1.29 is 39.8 Å². The van der Waals surface area contributed by atoms with Crippen LogP contribution in [0.3, 0.4) is 0 Å². The van der Waals surface area contributed by atoms with Crippen molar-refractivity contribution in [1.29, 1.82) is 0 Å². The molecule has 1 aliphatic heterocycles. The molecule has 1 saturated heterocycles. The van der Waals surface area contributed by atoms with Crippen LogP contribution in [0.5, 0.6) is 0 Å². The van der Waals surface area contributed by atoms with Crippen LogP contribution >= 0.6 is 0 Å². The molecule has 488 valence electrons. The summed E-state index contributed by atoms with van der Waals surface area (Å²) in [6.07, 6.45) is 74.8. The fourth-order valence-electron chi connectivity index (χ4n) is 12.3. The molecule has 0 bridgehead atoms. The predicted molar refractivity (Wildman–Crippen MR) is 351 cm³/mol. The highest BCUT2D eigenvalue weighted by Gasteiger charge is 2.44. The number of carbonyl (C=O) groups excluding carboxylic acids is 1. The fourth-order valence-corrected chi connectivity index (χ4v) is 12.3. The van der Waals surface area contributed by atoms with Gasteiger partial charge in [0.05, 0.1) is 25.4 Å². The average molecular weight is 1160 g/mol. The molecule has 1 fully saturated rings. The first kappa shape index (κ1) is 78.9. The summed E-state index contributed by atoms with van der Waals surface area (Å²) in [4.78, 5) is 13.1. The summed E-state index contributed by atoms with van der Waals surface area (Å²) < 4.78 is 11.3. The summed E-state index contributed by atoms with van der Waals surface area (Å²) in [6, 6.07) is -0.802. The van der Waals surface area contributed by atoms with Gasteiger partial charge >= 0.3 is 0 Å². The van der Waals surface area contributed by atoms with E-state index < -0.39 is 49.5 Å². The van der Waals surface area contributed by atoms with Gasteiger partial charge in [0.2, 0.25) is 5.91 Å². The van der Waals surface area contributed by atoms with Gasteiger partial charge in [-0.2, -0.15) is 0 Å². The summed E-state index contributed by atoms with van der Waals surface area (Å²) in [5.41, 5.74) is 0. The summed E-state index contributed by atoms with van der Waals surface area (Å²) in [5, 5.41) is 54.8. The molecule has 0 radical (unpaired) electrons. The van der Waals surface area contributed by atoms with E-state index >= 15 is 0 Å². The van der Waals surface area contributed by atoms with E-state index in [2.05, 4.69) is 19.2 Å². The molecular weight excluding hydrogens is 1020 g/mol. The lowest BCUT2D eigenvalue weighted by molar-refractivity contribution is -0.302. The van der Waals surface area contributed by atoms with Crippen LogP contribution in [0, 0.1) is 0 Å². The molecular formula is C73H143NO8. The van der Waals surface area contributed by atoms with Gasteiger partial charge in [-0.3, -0.25) is 4.79 Å². The minimum absolute atomic E-state index is 0.166. The largest absolute Gasteiger partial charge is 0.394 e. The van der Waals surface area contributed by atoms with Crippen molar-refractivity contribution in [2.24, 2.45) is 0 Å². The number of unbranched alkanes of at least 4 members (excludes halogenated alkanes) is 56. The fraction of sp³-hybridized carbons (Fsp3) is 0.959. The van der Waals surface area contributed by atoms with Gasteiger partial charge < -0.3 is 40.3 Å². The standard InChI is InChI=1S/C73H143NO8/c1-3-5-7-9-11-13-15-17-19-21-23-25-27-29-31-33-35-36-38-40-42-44-46-48-50-52-54-56-58-60-62-67(76)66(65-81-73-72(80)71(79)70(78)68(64-75)82-73)74-69(77)63-61-59-57-55-53-51-49-47-45-43-41-39-37-34-32-30-28-26-24-22-20-18-16-14-12-10-8-6-4-2/h60,62,66-68,70-73,75-76,78-80H,3-59,61,63-65H2,1-2H3,(H,74,77)/b62-60+. The Hall–Kier alpha value is -1.07. The van der Waals surface area contributed by atoms with Crippen molar-refractivity contribution in [3.05, 3.63) is 12.2 Å². The number of allylic oxidation sites excluding steroid dienone is 1. The van der Waals surface area contributed by atoms with Crippen LogP contribution in [0.4, 0.5) is 0 Å². The lowest BCUT2D eigenvalue weighted by atomic mass is 9.99. The quantitative estimate of drug-likeness (QED) is 0.0261. The minimum Gasteiger partial charge on any atom is -0.394 e. The number of hydrogen-bond acceptors (Lipinski definition) is 8. The zero-order valence-electron chi connectivity index (χ0n) is 54.8. The van der Waals surface area contributed by atoms with E-state index in [9.17, 15) is 30.3 Å². The van der Waals surface area contributed by atoms with E-state index in [-0.39, 0.29) is 12.5 Å². The topological polar surface area (TPSA) is 149 Å². The lowest BCUT2D eigenvalue weighted by Gasteiger charge is -2.40. The first-order valence-corrected chi connectivity index (χ1v) is 36.9. The third-order valence-electron chi connectivity index (χ3n) is 18.1. The van der Waals surface area contributed by atoms with E-state index in [1.165, 1.54) is 334 Å². The number of ether oxygens (including phenoxy) is 2. The Balaban J connectivity index is 2.10. The normalized spacial score (nSPS) is 18.3. The van der Waals surface area contributed by atoms with Crippen LogP contribution in [0.15, 0.2) is 12.2 Å². The third-order valence-corrected chi connectivity index (χ3v) is 18.1. The average Bonchev–Trinajstić information content (AvgIpc) is 3.52. The summed E-state index contributed by atoms with van der Waals surface area (Å²) in [6.45, 7) is 3.85. The number of amides is 1. The Morgan fingerprint density at radius 3 is 0.951 bits per heavy atom. The Kier molecular flexibility index (Phi) is 60.6. The molecule has 82 heavy (non-hydrogen) atoms. The minimum atomic E-state index is -1.56. The van der Waals surface area contributed by atoms with Crippen molar-refractivity contribution in [2.45, 2.75) is 436 Å². The molecule has 7 unspecified atom stereocenters. The molecule has 1 aliphatic rings. The van der Waals surface area contributed by atoms with E-state index in [4.69, 9.17) is 9.47 Å². The highest BCUT2D eigenvalue weighted by molar-refractivity contribution is 5.76. The number of rotatable bonds is 66. The summed E-state index contributed by atoms with van der Waals surface area (Å²) in [7, 11) is 0. The van der Waals surface area contributed by atoms with Gasteiger partial charge in [0.1, 0.15) is 24.4 Å². The number of aliphatic hydroxyl groups excluding tert-OH is 5. The maximum Gasteiger partial charge on any atom is 0.220 e. The molecule has 1 heterocycles. The molecule has 0 saturated carbocycles. The van der Waals surface area contributed by atoms with Gasteiger partial charge in [-0.15, -0.1) is 0 Å². The van der Waals surface area contributed by atoms with E-state index in [0.29, 0.717) is 6.42 Å². The van der Waals surface area contributed by atoms with E-state index in [0.717, 1.165) is 38.5 Å². The second kappa shape index (κ2) is 63.0. The van der Waals surface area contributed by atoms with Crippen molar-refractivity contribution in [2.75, 3.05) is 13.2 Å². The Morgan fingerprint density at radius 1 is 0.402 bits per heavy atom. The first-order chi connectivity index (χ1) is 40.3. The van der Waals surface area contributed by atoms with Crippen molar-refractivity contribution in [1.82, 2.24) is 5.32 Å². The highest BCUT2D eigenvalue weighted by Crippen LogP contribution is 2.24. The molecule has 9 heteroatoms. The Morgan fingerprint density at radius 2 is 0.671 bits per heavy atom. The zero-order valence-corrected chi connectivity index (χ0v) is 54.8. The summed E-state index contributed by atoms with van der Waals surface area (Å²) >= 11 is 0. The van der Waals surface area contributed by atoms with Crippen LogP contribution in [-0.2, 0) is 14.3 Å². The van der Waals surface area contributed by atoms with Gasteiger partial charge in [0.25, 0.3) is 0 Å². The van der Waals surface area contributed by atoms with Gasteiger partial charge in [0.15, 0.2) is 6.29 Å². The molecule has 0 spiro atoms. The van der Waals surface area contributed by atoms with E-state index in [1.54, 1.807) is 6.08 Å². The zero-order chi connectivity index (χ0) is 59.3. The smallest absolute Gasteiger partial charge is 0.220 e. The number of hydrogen-bond donors (Lipinski definition) is 6. The van der Waals surface area contributed by atoms with Gasteiger partial charge in [-0.1, -0.05) is 379 Å². The van der Waals surface area contributed by atoms with Crippen LogP contribution in [-0.4, -0.2) is 87.5 Å². The van der Waals surface area contributed by atoms with E-state index in [1.807, 2.05) is 6.08 Å². The van der Waals surface area contributed by atoms with Gasteiger partial charge in [-0.05, 0) is 19.3 Å². The van der Waals surface area contributed by atoms with Crippen molar-refractivity contribution in [3.8, 4) is 0 Å². The van der Waals surface area contributed by atoms with Crippen LogP contribution < -0.4 is 5.32 Å². The Labute approximate surface area is 509 Å². The molecule has 0 aromatic carbocycles. The molecule has 0 aromatic rings. The molecule has 1 rings (SSSR count). The molecule has 9 nitrogen and oxygen atoms in total. The number of carbonyl (C=O) groups is 1. The Bertz CT molecular complexity index is 1300. The van der Waals surface area contributed by atoms with Gasteiger partial charge in [0, 0.05) is 6.42 Å². The molecule has 6 N–H and O–H groups in total. The van der Waals surface area contributed by atoms with Crippen LogP contribution in [0.25, 0.3) is 0 Å². The molecule has 1 amide bonds. The van der Waals surface area contributed by atoms with Crippen molar-refractivity contribution >= 4 is 5.91 Å². The SMILES string of the molecule is CCCCCCCCCCCCCCCCCCCCCCCCCCCCCC/C=C/C(O)C(COC1OC(CO)C(O)C(O)C1O)NC(=O)CCCCCCCCCCCCCCCCCCCCCCCCCCCCCCC. The molecule has 7 atom stereocenters. The van der Waals surface area contributed by atoms with Crippen LogP contribution in [0.1, 0.15) is 393 Å². The second-order valence-corrected chi connectivity index (χ2v) is 26.1. The third kappa shape index (κ3) is 51.0. The van der Waals surface area contributed by atoms with Crippen LogP contribution in [0.2, 0.25) is 0 Å². The van der Waals surface area contributed by atoms with Crippen molar-refractivity contribution in [3.63, 3.8) is 0 Å². The summed E-state index contributed by atoms with van der Waals surface area (Å²) in [5.74, 6) is -0.166. The predicted octanol–water partition coefficient (Wildman–Crippen LogP) is 20.3. The number of aliphatic hydroxyl groups is 5. The molecule has 0 aromatic heterocycles. The first-order valence-electron chi connectivity index (χ1n) is 36.9. The monoisotopic (exact) mass is 1160 g/mol. The lowest BCUT2D eigenvalue weighted by Crippen LogP contribution is -2.60. The highest BCUT2D eigenvalue weighted by atomic mass is 16.7. The molecule has 0 aliphatic carbocycles. The van der Waals surface area contributed by atoms with Gasteiger partial charge in [-0.25, -0.2) is 0 Å². The maximum absolute atomic E-state index is 13.1. The second-order valence-electron chi connectivity index (χ2n) is 26.1. The number of nitrogens with one attached hydrogen (secondary N) is 1.